The fourth-order valence-corrected chi connectivity index (χ4v) is 1.97. The molecule has 2 rings (SSSR count). The van der Waals surface area contributed by atoms with Gasteiger partial charge in [-0.1, -0.05) is 17.7 Å². The number of hydrogen-bond donors (Lipinski definition) is 2. The monoisotopic (exact) mass is 271 g/mol. The number of rotatable bonds is 4. The van der Waals surface area contributed by atoms with Crippen molar-refractivity contribution in [2.24, 2.45) is 0 Å². The highest BCUT2D eigenvalue weighted by Gasteiger charge is 2.08. The maximum absolute atomic E-state index is 10.6. The molecule has 0 aliphatic carbocycles. The summed E-state index contributed by atoms with van der Waals surface area (Å²) in [6.07, 6.45) is 0. The Morgan fingerprint density at radius 1 is 1.20 bits per heavy atom. The van der Waals surface area contributed by atoms with Crippen molar-refractivity contribution in [2.45, 2.75) is 20.8 Å². The lowest BCUT2D eigenvalue weighted by Gasteiger charge is -2.10. The first-order chi connectivity index (χ1) is 9.45. The van der Waals surface area contributed by atoms with Crippen LogP contribution in [-0.2, 0) is 4.79 Å². The minimum atomic E-state index is -0.922. The van der Waals surface area contributed by atoms with E-state index in [4.69, 9.17) is 5.11 Å². The Balaban J connectivity index is 2.41. The summed E-state index contributed by atoms with van der Waals surface area (Å²) in [6.45, 7) is 5.68. The minimum Gasteiger partial charge on any atom is -0.480 e. The molecule has 0 amide bonds. The van der Waals surface area contributed by atoms with Crippen LogP contribution in [0.15, 0.2) is 24.3 Å². The van der Waals surface area contributed by atoms with Crippen LogP contribution in [-0.4, -0.2) is 27.6 Å². The van der Waals surface area contributed by atoms with Crippen molar-refractivity contribution < 1.29 is 9.90 Å². The standard InChI is InChI=1S/C15H17N3O2/c1-9-4-5-10(2)12(6-9)13-7-14(16-8-15(19)20)18-11(3)17-13/h4-7H,8H2,1-3H3,(H,19,20)(H,16,17,18). The molecule has 0 unspecified atom stereocenters. The summed E-state index contributed by atoms with van der Waals surface area (Å²) in [5.74, 6) is 0.210. The summed E-state index contributed by atoms with van der Waals surface area (Å²) in [7, 11) is 0. The molecule has 0 spiro atoms. The molecule has 5 nitrogen and oxygen atoms in total. The largest absolute Gasteiger partial charge is 0.480 e. The number of nitrogens with zero attached hydrogens (tertiary/aromatic N) is 2. The van der Waals surface area contributed by atoms with E-state index in [1.807, 2.05) is 19.9 Å². The van der Waals surface area contributed by atoms with Crippen LogP contribution in [0, 0.1) is 20.8 Å². The summed E-state index contributed by atoms with van der Waals surface area (Å²) in [5.41, 5.74) is 4.11. The van der Waals surface area contributed by atoms with E-state index in [1.165, 1.54) is 0 Å². The van der Waals surface area contributed by atoms with Crippen LogP contribution in [0.25, 0.3) is 11.3 Å². The Morgan fingerprint density at radius 3 is 2.65 bits per heavy atom. The van der Waals surface area contributed by atoms with Gasteiger partial charge in [0.25, 0.3) is 0 Å². The molecule has 1 aromatic carbocycles. The number of aryl methyl sites for hydroxylation is 3. The van der Waals surface area contributed by atoms with E-state index < -0.39 is 5.97 Å². The second kappa shape index (κ2) is 5.69. The summed E-state index contributed by atoms with van der Waals surface area (Å²) >= 11 is 0. The number of carboxylic acids is 1. The minimum absolute atomic E-state index is 0.164. The van der Waals surface area contributed by atoms with Crippen LogP contribution < -0.4 is 5.32 Å². The Labute approximate surface area is 117 Å². The van der Waals surface area contributed by atoms with Gasteiger partial charge < -0.3 is 10.4 Å². The van der Waals surface area contributed by atoms with Gasteiger partial charge in [-0.2, -0.15) is 0 Å². The van der Waals surface area contributed by atoms with Gasteiger partial charge in [-0.05, 0) is 32.4 Å². The van der Waals surface area contributed by atoms with Crippen molar-refractivity contribution >= 4 is 11.8 Å². The fraction of sp³-hybridized carbons (Fsp3) is 0.267. The molecule has 104 valence electrons. The molecule has 0 aliphatic heterocycles. The molecule has 20 heavy (non-hydrogen) atoms. The molecular formula is C15H17N3O2. The molecule has 1 aromatic heterocycles. The van der Waals surface area contributed by atoms with Crippen LogP contribution in [0.2, 0.25) is 0 Å². The van der Waals surface area contributed by atoms with E-state index in [2.05, 4.69) is 27.4 Å². The Hall–Kier alpha value is -2.43. The number of hydrogen-bond acceptors (Lipinski definition) is 4. The van der Waals surface area contributed by atoms with Crippen molar-refractivity contribution in [1.29, 1.82) is 0 Å². The highest BCUT2D eigenvalue weighted by Crippen LogP contribution is 2.24. The van der Waals surface area contributed by atoms with E-state index in [9.17, 15) is 4.79 Å². The Kier molecular flexibility index (Phi) is 3.98. The molecule has 0 bridgehead atoms. The molecule has 0 saturated carbocycles. The second-order valence-corrected chi connectivity index (χ2v) is 4.75. The number of anilines is 1. The first kappa shape index (κ1) is 14.0. The lowest BCUT2D eigenvalue weighted by Crippen LogP contribution is -2.13. The number of aromatic nitrogens is 2. The van der Waals surface area contributed by atoms with Crippen LogP contribution in [0.4, 0.5) is 5.82 Å². The lowest BCUT2D eigenvalue weighted by molar-refractivity contribution is -0.134. The van der Waals surface area contributed by atoms with Crippen molar-refractivity contribution in [3.8, 4) is 11.3 Å². The molecular weight excluding hydrogens is 254 g/mol. The van der Waals surface area contributed by atoms with Gasteiger partial charge in [0.1, 0.15) is 18.2 Å². The maximum atomic E-state index is 10.6. The molecule has 5 heteroatoms. The number of nitrogens with one attached hydrogen (secondary N) is 1. The molecule has 1 heterocycles. The molecule has 0 aliphatic rings. The molecule has 2 N–H and O–H groups in total. The third-order valence-corrected chi connectivity index (χ3v) is 2.93. The zero-order valence-corrected chi connectivity index (χ0v) is 11.8. The Bertz CT molecular complexity index is 654. The first-order valence-electron chi connectivity index (χ1n) is 6.34. The predicted octanol–water partition coefficient (Wildman–Crippen LogP) is 2.57. The van der Waals surface area contributed by atoms with E-state index in [-0.39, 0.29) is 6.54 Å². The average Bonchev–Trinajstić information content (AvgIpc) is 2.38. The Morgan fingerprint density at radius 2 is 1.95 bits per heavy atom. The van der Waals surface area contributed by atoms with Crippen LogP contribution in [0.5, 0.6) is 0 Å². The van der Waals surface area contributed by atoms with Crippen LogP contribution >= 0.6 is 0 Å². The van der Waals surface area contributed by atoms with E-state index in [0.29, 0.717) is 11.6 Å². The third-order valence-electron chi connectivity index (χ3n) is 2.93. The van der Waals surface area contributed by atoms with Gasteiger partial charge in [-0.25, -0.2) is 9.97 Å². The van der Waals surface area contributed by atoms with E-state index >= 15 is 0 Å². The van der Waals surface area contributed by atoms with E-state index in [1.54, 1.807) is 13.0 Å². The highest BCUT2D eigenvalue weighted by atomic mass is 16.4. The van der Waals surface area contributed by atoms with Gasteiger partial charge in [0, 0.05) is 11.6 Å². The number of carboxylic acid groups (broad SMARTS) is 1. The van der Waals surface area contributed by atoms with Crippen molar-refractivity contribution in [1.82, 2.24) is 9.97 Å². The summed E-state index contributed by atoms with van der Waals surface area (Å²) in [5, 5.41) is 11.5. The number of carbonyl (C=O) groups is 1. The van der Waals surface area contributed by atoms with Gasteiger partial charge in [0.05, 0.1) is 5.69 Å². The number of benzene rings is 1. The molecule has 0 radical (unpaired) electrons. The first-order valence-corrected chi connectivity index (χ1v) is 6.34. The second-order valence-electron chi connectivity index (χ2n) is 4.75. The van der Waals surface area contributed by atoms with E-state index in [0.717, 1.165) is 22.4 Å². The zero-order chi connectivity index (χ0) is 14.7. The van der Waals surface area contributed by atoms with Gasteiger partial charge in [-0.15, -0.1) is 0 Å². The van der Waals surface area contributed by atoms with Crippen molar-refractivity contribution in [2.75, 3.05) is 11.9 Å². The molecule has 0 fully saturated rings. The highest BCUT2D eigenvalue weighted by molar-refractivity contribution is 5.73. The van der Waals surface area contributed by atoms with Crippen molar-refractivity contribution in [3.63, 3.8) is 0 Å². The average molecular weight is 271 g/mol. The zero-order valence-electron chi connectivity index (χ0n) is 11.8. The third kappa shape index (κ3) is 3.32. The topological polar surface area (TPSA) is 75.1 Å². The van der Waals surface area contributed by atoms with Crippen LogP contribution in [0.1, 0.15) is 17.0 Å². The van der Waals surface area contributed by atoms with Gasteiger partial charge >= 0.3 is 5.97 Å². The van der Waals surface area contributed by atoms with Gasteiger partial charge in [0.15, 0.2) is 0 Å². The maximum Gasteiger partial charge on any atom is 0.322 e. The normalized spacial score (nSPS) is 10.3. The fourth-order valence-electron chi connectivity index (χ4n) is 1.97. The summed E-state index contributed by atoms with van der Waals surface area (Å²) in [6, 6.07) is 7.94. The quantitative estimate of drug-likeness (QED) is 0.894. The van der Waals surface area contributed by atoms with Gasteiger partial charge in [-0.3, -0.25) is 4.79 Å². The molecule has 0 saturated heterocycles. The predicted molar refractivity (Wildman–Crippen MR) is 77.8 cm³/mol. The summed E-state index contributed by atoms with van der Waals surface area (Å²) in [4.78, 5) is 19.2. The van der Waals surface area contributed by atoms with Crippen molar-refractivity contribution in [3.05, 3.63) is 41.2 Å². The van der Waals surface area contributed by atoms with Gasteiger partial charge in [0.2, 0.25) is 0 Å². The van der Waals surface area contributed by atoms with Crippen LogP contribution in [0.3, 0.4) is 0 Å². The molecule has 2 aromatic rings. The SMILES string of the molecule is Cc1ccc(C)c(-c2cc(NCC(=O)O)nc(C)n2)c1. The lowest BCUT2D eigenvalue weighted by atomic mass is 10.0. The smallest absolute Gasteiger partial charge is 0.322 e. The number of aliphatic carboxylic acids is 1. The summed E-state index contributed by atoms with van der Waals surface area (Å²) < 4.78 is 0. The molecule has 0 atom stereocenters.